The van der Waals surface area contributed by atoms with Gasteiger partial charge >= 0.3 is 12.4 Å². The highest BCUT2D eigenvalue weighted by Crippen LogP contribution is 2.50. The second kappa shape index (κ2) is 10.2. The first-order chi connectivity index (χ1) is 20.7. The van der Waals surface area contributed by atoms with Crippen LogP contribution in [0.2, 0.25) is 0 Å². The Hall–Kier alpha value is -4.76. The maximum atomic E-state index is 13.6. The molecule has 4 aromatic heterocycles. The minimum Gasteiger partial charge on any atom is -0.480 e. The highest BCUT2D eigenvalue weighted by Gasteiger charge is 2.44. The largest absolute Gasteiger partial charge is 0.480 e. The minimum atomic E-state index is -4.62. The Bertz CT molecular complexity index is 1930. The predicted octanol–water partition coefficient (Wildman–Crippen LogP) is 5.26. The van der Waals surface area contributed by atoms with Gasteiger partial charge in [-0.25, -0.2) is 24.9 Å². The maximum Gasteiger partial charge on any atom is 0.434 e. The first kappa shape index (κ1) is 29.3. The molecule has 0 unspecified atom stereocenters. The van der Waals surface area contributed by atoms with Crippen LogP contribution in [0.3, 0.4) is 0 Å². The quantitative estimate of drug-likeness (QED) is 0.250. The van der Waals surface area contributed by atoms with Gasteiger partial charge in [0.15, 0.2) is 17.2 Å². The zero-order valence-electron chi connectivity index (χ0n) is 23.6. The third kappa shape index (κ3) is 5.28. The number of benzene rings is 1. The predicted molar refractivity (Wildman–Crippen MR) is 144 cm³/mol. The van der Waals surface area contributed by atoms with E-state index in [4.69, 9.17) is 10.1 Å². The van der Waals surface area contributed by atoms with Gasteiger partial charge in [-0.3, -0.25) is 14.5 Å². The average molecular weight is 618 g/mol. The van der Waals surface area contributed by atoms with E-state index in [9.17, 15) is 26.3 Å². The molecule has 10 nitrogen and oxygen atoms in total. The van der Waals surface area contributed by atoms with Crippen molar-refractivity contribution in [2.75, 3.05) is 7.11 Å². The number of imidazole rings is 2. The lowest BCUT2D eigenvalue weighted by Gasteiger charge is -2.15. The number of nitrogens with zero attached hydrogens (tertiary/aromatic N) is 8. The molecule has 4 heterocycles. The van der Waals surface area contributed by atoms with Crippen LogP contribution in [0.1, 0.15) is 36.7 Å². The van der Waals surface area contributed by atoms with Crippen LogP contribution in [-0.2, 0) is 31.7 Å². The molecule has 1 N–H and O–H groups in total. The van der Waals surface area contributed by atoms with Crippen LogP contribution in [0.5, 0.6) is 5.88 Å². The highest BCUT2D eigenvalue weighted by molar-refractivity contribution is 5.76. The molecule has 1 fully saturated rings. The van der Waals surface area contributed by atoms with Crippen molar-refractivity contribution < 1.29 is 31.1 Å². The van der Waals surface area contributed by atoms with Crippen LogP contribution in [-0.4, -0.2) is 51.9 Å². The lowest BCUT2D eigenvalue weighted by atomic mass is 9.99. The summed E-state index contributed by atoms with van der Waals surface area (Å²) in [7, 11) is 2.88. The summed E-state index contributed by atoms with van der Waals surface area (Å²) in [6.45, 7) is 0.536. The molecule has 0 spiro atoms. The van der Waals surface area contributed by atoms with Gasteiger partial charge in [0.1, 0.15) is 29.8 Å². The standard InChI is InChI=1S/C28H25F6N9O/c1-26(8-9-26)20-19(24(44-3)38-14-37-20)21-36-10-17-23(40-21)42(25(35)43(17)13-27(29,30)31)11-15-4-6-16(7-5-15)22-39-18(12-41(22)2)28(32,33)34/h4-7,10,12,14,35H,8-9,11,13H2,1-3H3. The molecular weight excluding hydrogens is 592 g/mol. The molecular formula is C28H25F6N9O. The number of hydrogen-bond donors (Lipinski definition) is 1. The summed E-state index contributed by atoms with van der Waals surface area (Å²) < 4.78 is 89.0. The van der Waals surface area contributed by atoms with Crippen LogP contribution in [0, 0.1) is 5.41 Å². The van der Waals surface area contributed by atoms with Gasteiger partial charge in [0.05, 0.1) is 25.5 Å². The van der Waals surface area contributed by atoms with Gasteiger partial charge in [0, 0.05) is 24.2 Å². The molecule has 1 saturated carbocycles. The molecule has 1 aliphatic rings. The summed E-state index contributed by atoms with van der Waals surface area (Å²) in [5, 5.41) is 8.66. The summed E-state index contributed by atoms with van der Waals surface area (Å²) in [6.07, 6.45) is -3.98. The number of rotatable bonds is 7. The van der Waals surface area contributed by atoms with E-state index < -0.39 is 30.2 Å². The number of aromatic nitrogens is 8. The summed E-state index contributed by atoms with van der Waals surface area (Å²) in [5.41, 5.74) is 0.391. The monoisotopic (exact) mass is 617 g/mol. The Morgan fingerprint density at radius 2 is 1.68 bits per heavy atom. The van der Waals surface area contributed by atoms with Crippen LogP contribution < -0.4 is 10.4 Å². The van der Waals surface area contributed by atoms with E-state index in [1.807, 2.05) is 6.92 Å². The van der Waals surface area contributed by atoms with Gasteiger partial charge in [-0.05, 0) is 18.4 Å². The van der Waals surface area contributed by atoms with Gasteiger partial charge in [-0.1, -0.05) is 31.2 Å². The number of alkyl halides is 6. The molecule has 16 heteroatoms. The second-order valence-corrected chi connectivity index (χ2v) is 10.9. The van der Waals surface area contributed by atoms with E-state index in [2.05, 4.69) is 24.9 Å². The lowest BCUT2D eigenvalue weighted by Crippen LogP contribution is -2.30. The average Bonchev–Trinajstić information content (AvgIpc) is 3.52. The van der Waals surface area contributed by atoms with Crippen LogP contribution in [0.15, 0.2) is 43.0 Å². The molecule has 0 saturated heterocycles. The third-order valence-electron chi connectivity index (χ3n) is 7.67. The number of aryl methyl sites for hydroxylation is 1. The molecule has 44 heavy (non-hydrogen) atoms. The maximum absolute atomic E-state index is 13.6. The Balaban J connectivity index is 1.44. The smallest absolute Gasteiger partial charge is 0.434 e. The molecule has 6 rings (SSSR count). The van der Waals surface area contributed by atoms with E-state index in [1.165, 1.54) is 35.8 Å². The highest BCUT2D eigenvalue weighted by atomic mass is 19.4. The Kier molecular flexibility index (Phi) is 6.77. The second-order valence-electron chi connectivity index (χ2n) is 10.9. The molecule has 0 aliphatic heterocycles. The topological polar surface area (TPSA) is 112 Å². The fraction of sp³-hybridized carbons (Fsp3) is 0.357. The Labute approximate surface area is 245 Å². The van der Waals surface area contributed by atoms with E-state index in [0.29, 0.717) is 22.4 Å². The van der Waals surface area contributed by atoms with Gasteiger partial charge in [-0.2, -0.15) is 26.3 Å². The number of methoxy groups -OCH3 is 1. The molecule has 0 radical (unpaired) electrons. The third-order valence-corrected chi connectivity index (χ3v) is 7.67. The van der Waals surface area contributed by atoms with Crippen molar-refractivity contribution in [2.45, 2.75) is 50.6 Å². The molecule has 5 aromatic rings. The molecule has 1 aromatic carbocycles. The van der Waals surface area contributed by atoms with E-state index in [0.717, 1.165) is 23.6 Å². The summed E-state index contributed by atoms with van der Waals surface area (Å²) >= 11 is 0. The summed E-state index contributed by atoms with van der Waals surface area (Å²) in [6, 6.07) is 6.34. The van der Waals surface area contributed by atoms with Crippen LogP contribution in [0.4, 0.5) is 26.3 Å². The van der Waals surface area contributed by atoms with Crippen molar-refractivity contribution in [1.29, 1.82) is 5.41 Å². The zero-order valence-corrected chi connectivity index (χ0v) is 23.6. The van der Waals surface area contributed by atoms with Crippen LogP contribution in [0.25, 0.3) is 33.9 Å². The normalized spacial score (nSPS) is 14.8. The summed E-state index contributed by atoms with van der Waals surface area (Å²) in [4.78, 5) is 21.3. The molecule has 0 bridgehead atoms. The molecule has 230 valence electrons. The van der Waals surface area contributed by atoms with Crippen LogP contribution >= 0.6 is 0 Å². The van der Waals surface area contributed by atoms with E-state index in [-0.39, 0.29) is 40.7 Å². The van der Waals surface area contributed by atoms with Crippen molar-refractivity contribution in [3.05, 3.63) is 65.6 Å². The van der Waals surface area contributed by atoms with Crippen molar-refractivity contribution in [2.24, 2.45) is 7.05 Å². The van der Waals surface area contributed by atoms with Crippen molar-refractivity contribution in [3.63, 3.8) is 0 Å². The zero-order chi connectivity index (χ0) is 31.6. The van der Waals surface area contributed by atoms with Gasteiger partial charge in [0.2, 0.25) is 11.5 Å². The van der Waals surface area contributed by atoms with Gasteiger partial charge < -0.3 is 9.30 Å². The van der Waals surface area contributed by atoms with E-state index >= 15 is 0 Å². The summed E-state index contributed by atoms with van der Waals surface area (Å²) in [5.74, 6) is 0.450. The first-order valence-electron chi connectivity index (χ1n) is 13.4. The number of hydrogen-bond acceptors (Lipinski definition) is 7. The van der Waals surface area contributed by atoms with Gasteiger partial charge in [0.25, 0.3) is 0 Å². The fourth-order valence-electron chi connectivity index (χ4n) is 5.15. The van der Waals surface area contributed by atoms with Gasteiger partial charge in [-0.15, -0.1) is 0 Å². The Morgan fingerprint density at radius 3 is 2.27 bits per heavy atom. The fourth-order valence-corrected chi connectivity index (χ4v) is 5.15. The molecule has 0 atom stereocenters. The SMILES string of the molecule is COc1ncnc(C2(C)CC2)c1-c1ncc2c(n1)n(Cc1ccc(-c3nc(C(F)(F)F)cn3C)cc1)c(=N)n2CC(F)(F)F. The Morgan fingerprint density at radius 1 is 0.977 bits per heavy atom. The molecule has 1 aliphatic carbocycles. The minimum absolute atomic E-state index is 0.00427. The number of nitrogens with one attached hydrogen (secondary N) is 1. The number of halogens is 6. The van der Waals surface area contributed by atoms with E-state index in [1.54, 1.807) is 24.3 Å². The first-order valence-corrected chi connectivity index (χ1v) is 13.4. The molecule has 0 amide bonds. The number of ether oxygens (including phenoxy) is 1. The van der Waals surface area contributed by atoms with Crippen molar-refractivity contribution in [3.8, 4) is 28.7 Å². The lowest BCUT2D eigenvalue weighted by molar-refractivity contribution is -0.141. The van der Waals surface area contributed by atoms with Crippen molar-refractivity contribution >= 4 is 11.2 Å². The number of fused-ring (bicyclic) bond motifs is 1. The van der Waals surface area contributed by atoms with Crippen molar-refractivity contribution in [1.82, 2.24) is 38.6 Å².